The number of alkyl halides is 1. The van der Waals surface area contributed by atoms with Crippen molar-refractivity contribution in [1.82, 2.24) is 9.80 Å². The summed E-state index contributed by atoms with van der Waals surface area (Å²) in [5.74, 6) is 1.16. The van der Waals surface area contributed by atoms with Crippen molar-refractivity contribution in [3.8, 4) is 0 Å². The van der Waals surface area contributed by atoms with E-state index < -0.39 is 0 Å². The van der Waals surface area contributed by atoms with Crippen molar-refractivity contribution >= 4 is 17.5 Å². The van der Waals surface area contributed by atoms with Crippen LogP contribution in [0.3, 0.4) is 0 Å². The average molecular weight is 375 g/mol. The number of carbonyl (C=O) groups excluding carboxylic acids is 1. The molecule has 4 rings (SSSR count). The summed E-state index contributed by atoms with van der Waals surface area (Å²) in [4.78, 5) is 17.4. The van der Waals surface area contributed by atoms with Crippen LogP contribution >= 0.6 is 11.6 Å². The highest BCUT2D eigenvalue weighted by Crippen LogP contribution is 2.37. The molecule has 4 aliphatic rings. The molecule has 3 atom stereocenters. The Hall–Kier alpha value is -1.06. The maximum absolute atomic E-state index is 12.8. The van der Waals surface area contributed by atoms with Crippen LogP contribution in [0.25, 0.3) is 0 Å². The number of hydrogen-bond donors (Lipinski definition) is 0. The summed E-state index contributed by atoms with van der Waals surface area (Å²) in [6, 6.07) is 1.55. The van der Waals surface area contributed by atoms with E-state index >= 15 is 0 Å². The molecule has 0 N–H and O–H groups in total. The van der Waals surface area contributed by atoms with E-state index in [1.165, 1.54) is 25.7 Å². The summed E-state index contributed by atoms with van der Waals surface area (Å²) in [5, 5.41) is 0. The summed E-state index contributed by atoms with van der Waals surface area (Å²) < 4.78 is 0. The van der Waals surface area contributed by atoms with Crippen LogP contribution < -0.4 is 0 Å². The second-order valence-electron chi connectivity index (χ2n) is 8.39. The van der Waals surface area contributed by atoms with Crippen molar-refractivity contribution in [3.63, 3.8) is 0 Å². The van der Waals surface area contributed by atoms with Gasteiger partial charge in [0.2, 0.25) is 5.91 Å². The highest BCUT2D eigenvalue weighted by Gasteiger charge is 2.38. The predicted molar refractivity (Wildman–Crippen MR) is 107 cm³/mol. The Balaban J connectivity index is 1.35. The van der Waals surface area contributed by atoms with Crippen molar-refractivity contribution in [3.05, 3.63) is 36.5 Å². The molecule has 1 heterocycles. The van der Waals surface area contributed by atoms with E-state index in [9.17, 15) is 4.79 Å². The molecule has 2 saturated carbocycles. The first-order chi connectivity index (χ1) is 12.7. The van der Waals surface area contributed by atoms with Gasteiger partial charge in [-0.25, -0.2) is 0 Å². The van der Waals surface area contributed by atoms with Crippen LogP contribution in [0.4, 0.5) is 0 Å². The Morgan fingerprint density at radius 3 is 2.54 bits per heavy atom. The normalized spacial score (nSPS) is 32.4. The number of halogens is 1. The molecular formula is C22H31ClN2O. The molecule has 1 aliphatic heterocycles. The topological polar surface area (TPSA) is 23.6 Å². The molecule has 0 radical (unpaired) electrons. The highest BCUT2D eigenvalue weighted by atomic mass is 35.5. The van der Waals surface area contributed by atoms with Crippen molar-refractivity contribution in [2.45, 2.75) is 69.0 Å². The van der Waals surface area contributed by atoms with Crippen molar-refractivity contribution in [2.24, 2.45) is 11.8 Å². The van der Waals surface area contributed by atoms with E-state index in [4.69, 9.17) is 11.6 Å². The van der Waals surface area contributed by atoms with Gasteiger partial charge < -0.3 is 4.90 Å². The average Bonchev–Trinajstić information content (AvgIpc) is 3.54. The van der Waals surface area contributed by atoms with Crippen molar-refractivity contribution < 1.29 is 4.79 Å². The highest BCUT2D eigenvalue weighted by molar-refractivity contribution is 6.21. The van der Waals surface area contributed by atoms with Gasteiger partial charge in [-0.3, -0.25) is 9.69 Å². The van der Waals surface area contributed by atoms with Gasteiger partial charge in [-0.1, -0.05) is 42.0 Å². The Bertz CT molecular complexity index is 579. The summed E-state index contributed by atoms with van der Waals surface area (Å²) >= 11 is 6.58. The van der Waals surface area contributed by atoms with Crippen LogP contribution in [0.2, 0.25) is 0 Å². The number of likely N-dealkylation sites (tertiary alicyclic amines) is 1. The van der Waals surface area contributed by atoms with Gasteiger partial charge in [-0.15, -0.1) is 0 Å². The zero-order valence-electron chi connectivity index (χ0n) is 15.6. The van der Waals surface area contributed by atoms with Crippen LogP contribution in [-0.4, -0.2) is 46.4 Å². The molecular weight excluding hydrogens is 344 g/mol. The van der Waals surface area contributed by atoms with E-state index in [1.807, 2.05) is 4.90 Å². The summed E-state index contributed by atoms with van der Waals surface area (Å²) in [6.07, 6.45) is 22.3. The first kappa shape index (κ1) is 18.3. The van der Waals surface area contributed by atoms with Gasteiger partial charge in [0.15, 0.2) is 0 Å². The SMILES string of the molecule is O=C(C=CCN(C1CC1)C1CC1)N1CC(C2C=CC=CC2)CCCC1Cl. The van der Waals surface area contributed by atoms with Crippen molar-refractivity contribution in [1.29, 1.82) is 0 Å². The molecule has 0 spiro atoms. The lowest BCUT2D eigenvalue weighted by Crippen LogP contribution is -2.39. The monoisotopic (exact) mass is 374 g/mol. The van der Waals surface area contributed by atoms with Gasteiger partial charge in [0.1, 0.15) is 5.50 Å². The number of hydrogen-bond acceptors (Lipinski definition) is 2. The maximum atomic E-state index is 12.8. The summed E-state index contributed by atoms with van der Waals surface area (Å²) in [6.45, 7) is 1.70. The van der Waals surface area contributed by atoms with Crippen molar-refractivity contribution in [2.75, 3.05) is 13.1 Å². The Morgan fingerprint density at radius 2 is 1.88 bits per heavy atom. The van der Waals surface area contributed by atoms with E-state index in [1.54, 1.807) is 6.08 Å². The van der Waals surface area contributed by atoms with Gasteiger partial charge in [-0.05, 0) is 63.2 Å². The fourth-order valence-electron chi connectivity index (χ4n) is 4.47. The largest absolute Gasteiger partial charge is 0.322 e. The molecule has 3 unspecified atom stereocenters. The third kappa shape index (κ3) is 4.61. The number of nitrogens with zero attached hydrogens (tertiary/aromatic N) is 2. The minimum atomic E-state index is -0.164. The molecule has 0 bridgehead atoms. The zero-order chi connectivity index (χ0) is 17.9. The van der Waals surface area contributed by atoms with Crippen LogP contribution in [0, 0.1) is 11.8 Å². The molecule has 1 saturated heterocycles. The predicted octanol–water partition coefficient (Wildman–Crippen LogP) is 4.50. The Kier molecular flexibility index (Phi) is 5.85. The van der Waals surface area contributed by atoms with Crippen LogP contribution in [0.1, 0.15) is 51.4 Å². The molecule has 0 aromatic heterocycles. The second-order valence-corrected chi connectivity index (χ2v) is 8.89. The Labute approximate surface area is 162 Å². The smallest absolute Gasteiger partial charge is 0.247 e. The lowest BCUT2D eigenvalue weighted by atomic mass is 9.84. The van der Waals surface area contributed by atoms with E-state index in [0.29, 0.717) is 11.8 Å². The van der Waals surface area contributed by atoms with Crippen LogP contribution in [0.5, 0.6) is 0 Å². The number of allylic oxidation sites excluding steroid dienone is 4. The third-order valence-electron chi connectivity index (χ3n) is 6.30. The molecule has 3 aliphatic carbocycles. The molecule has 3 nitrogen and oxygen atoms in total. The number of carbonyl (C=O) groups is 1. The van der Waals surface area contributed by atoms with E-state index in [-0.39, 0.29) is 11.4 Å². The maximum Gasteiger partial charge on any atom is 0.247 e. The van der Waals surface area contributed by atoms with Gasteiger partial charge in [0.25, 0.3) is 0 Å². The zero-order valence-corrected chi connectivity index (χ0v) is 16.4. The first-order valence-electron chi connectivity index (χ1n) is 10.4. The number of amides is 1. The first-order valence-corrected chi connectivity index (χ1v) is 10.9. The fourth-order valence-corrected chi connectivity index (χ4v) is 4.80. The molecule has 3 fully saturated rings. The minimum Gasteiger partial charge on any atom is -0.322 e. The van der Waals surface area contributed by atoms with Gasteiger partial charge >= 0.3 is 0 Å². The summed E-state index contributed by atoms with van der Waals surface area (Å²) in [5.41, 5.74) is -0.164. The lowest BCUT2D eigenvalue weighted by Gasteiger charge is -2.30. The van der Waals surface area contributed by atoms with Gasteiger partial charge in [-0.2, -0.15) is 0 Å². The fraction of sp³-hybridized carbons (Fsp3) is 0.682. The Morgan fingerprint density at radius 1 is 1.12 bits per heavy atom. The van der Waals surface area contributed by atoms with Crippen LogP contribution in [0.15, 0.2) is 36.5 Å². The van der Waals surface area contributed by atoms with Gasteiger partial charge in [0, 0.05) is 31.2 Å². The van der Waals surface area contributed by atoms with Crippen LogP contribution in [-0.2, 0) is 4.79 Å². The molecule has 26 heavy (non-hydrogen) atoms. The van der Waals surface area contributed by atoms with Gasteiger partial charge in [0.05, 0.1) is 0 Å². The number of rotatable bonds is 6. The molecule has 4 heteroatoms. The molecule has 1 amide bonds. The molecule has 0 aromatic carbocycles. The van der Waals surface area contributed by atoms with E-state index in [0.717, 1.165) is 50.9 Å². The molecule has 142 valence electrons. The summed E-state index contributed by atoms with van der Waals surface area (Å²) in [7, 11) is 0. The quantitative estimate of drug-likeness (QED) is 0.388. The third-order valence-corrected chi connectivity index (χ3v) is 6.75. The molecule has 0 aromatic rings. The van der Waals surface area contributed by atoms with E-state index in [2.05, 4.69) is 35.3 Å². The standard InChI is InChI=1S/C22H31ClN2O/c23-21-9-4-8-18(17-6-2-1-3-7-17)16-25(21)22(26)10-5-15-24(19-11-12-19)20-13-14-20/h1-3,5-6,10,17-21H,4,7-9,11-16H2. The minimum absolute atomic E-state index is 0.0961. The second kappa shape index (κ2) is 8.31. The lowest BCUT2D eigenvalue weighted by molar-refractivity contribution is -0.127.